The van der Waals surface area contributed by atoms with Crippen LogP contribution in [0.25, 0.3) is 6.08 Å². The van der Waals surface area contributed by atoms with Gasteiger partial charge in [0.15, 0.2) is 0 Å². The summed E-state index contributed by atoms with van der Waals surface area (Å²) in [6.45, 7) is 6.68. The van der Waals surface area contributed by atoms with E-state index in [9.17, 15) is 9.59 Å². The Morgan fingerprint density at radius 1 is 1.11 bits per heavy atom. The van der Waals surface area contributed by atoms with Crippen LogP contribution in [0.5, 0.6) is 5.75 Å². The fourth-order valence-corrected chi connectivity index (χ4v) is 2.56. The number of nitrogens with zero attached hydrogens (tertiary/aromatic N) is 1. The van der Waals surface area contributed by atoms with Crippen molar-refractivity contribution >= 4 is 23.6 Å². The minimum atomic E-state index is -0.234. The summed E-state index contributed by atoms with van der Waals surface area (Å²) in [6.07, 6.45) is 4.15. The molecule has 0 spiro atoms. The Bertz CT molecular complexity index is 841. The summed E-state index contributed by atoms with van der Waals surface area (Å²) in [5, 5.41) is 2.86. The van der Waals surface area contributed by atoms with Gasteiger partial charge in [0.2, 0.25) is 11.8 Å². The molecular weight excluding hydrogens is 352 g/mol. The monoisotopic (exact) mass is 380 g/mol. The smallest absolute Gasteiger partial charge is 0.246 e. The van der Waals surface area contributed by atoms with Gasteiger partial charge in [0, 0.05) is 18.8 Å². The zero-order valence-electron chi connectivity index (χ0n) is 17.0. The van der Waals surface area contributed by atoms with Gasteiger partial charge in [-0.2, -0.15) is 0 Å². The van der Waals surface area contributed by atoms with Crippen molar-refractivity contribution in [2.24, 2.45) is 0 Å². The van der Waals surface area contributed by atoms with Crippen LogP contribution >= 0.6 is 0 Å². The Hall–Kier alpha value is -3.08. The zero-order valence-corrected chi connectivity index (χ0v) is 17.0. The first kappa shape index (κ1) is 21.2. The second-order valence-corrected chi connectivity index (χ2v) is 6.74. The van der Waals surface area contributed by atoms with E-state index in [0.717, 1.165) is 34.5 Å². The summed E-state index contributed by atoms with van der Waals surface area (Å²) in [6, 6.07) is 13.3. The van der Waals surface area contributed by atoms with Crippen molar-refractivity contribution in [1.82, 2.24) is 4.90 Å². The zero-order chi connectivity index (χ0) is 20.5. The highest BCUT2D eigenvalue weighted by molar-refractivity contribution is 5.98. The van der Waals surface area contributed by atoms with Crippen molar-refractivity contribution < 1.29 is 14.3 Å². The molecule has 0 heterocycles. The van der Waals surface area contributed by atoms with E-state index in [2.05, 4.69) is 12.2 Å². The van der Waals surface area contributed by atoms with Crippen molar-refractivity contribution in [1.29, 1.82) is 0 Å². The number of aryl methyl sites for hydroxylation is 1. The van der Waals surface area contributed by atoms with Crippen LogP contribution in [0.3, 0.4) is 0 Å². The van der Waals surface area contributed by atoms with E-state index in [1.165, 1.54) is 11.0 Å². The highest BCUT2D eigenvalue weighted by Gasteiger charge is 2.12. The van der Waals surface area contributed by atoms with Crippen LogP contribution in [0.1, 0.15) is 30.0 Å². The lowest BCUT2D eigenvalue weighted by molar-refractivity contribution is -0.129. The van der Waals surface area contributed by atoms with Crippen molar-refractivity contribution in [3.63, 3.8) is 0 Å². The van der Waals surface area contributed by atoms with E-state index in [-0.39, 0.29) is 18.4 Å². The standard InChI is InChI=1S/C23H28N2O3/c1-5-15-28-20-12-9-19(10-13-20)11-14-23(27)25(4)16-22(26)24-21-8-6-7-17(2)18(21)3/h6-14H,5,15-16H2,1-4H3,(H,24,26)/b14-11+. The number of benzene rings is 2. The van der Waals surface area contributed by atoms with E-state index in [1.54, 1.807) is 13.1 Å². The van der Waals surface area contributed by atoms with Gasteiger partial charge in [-0.15, -0.1) is 0 Å². The summed E-state index contributed by atoms with van der Waals surface area (Å²) in [7, 11) is 1.61. The lowest BCUT2D eigenvalue weighted by Crippen LogP contribution is -2.34. The average molecular weight is 380 g/mol. The number of amides is 2. The Morgan fingerprint density at radius 2 is 1.82 bits per heavy atom. The molecule has 5 nitrogen and oxygen atoms in total. The maximum Gasteiger partial charge on any atom is 0.246 e. The fraction of sp³-hybridized carbons (Fsp3) is 0.304. The largest absolute Gasteiger partial charge is 0.494 e. The molecular formula is C23H28N2O3. The van der Waals surface area contributed by atoms with Gasteiger partial charge in [-0.1, -0.05) is 31.2 Å². The van der Waals surface area contributed by atoms with Crippen LogP contribution in [-0.4, -0.2) is 36.9 Å². The number of ether oxygens (including phenoxy) is 1. The van der Waals surface area contributed by atoms with Crippen molar-refractivity contribution in [3.8, 4) is 5.75 Å². The average Bonchev–Trinajstić information content (AvgIpc) is 2.68. The van der Waals surface area contributed by atoms with E-state index < -0.39 is 0 Å². The SMILES string of the molecule is CCCOc1ccc(/C=C/C(=O)N(C)CC(=O)Nc2cccc(C)c2C)cc1. The summed E-state index contributed by atoms with van der Waals surface area (Å²) in [5.41, 5.74) is 3.80. The summed E-state index contributed by atoms with van der Waals surface area (Å²) in [4.78, 5) is 25.9. The quantitative estimate of drug-likeness (QED) is 0.698. The minimum Gasteiger partial charge on any atom is -0.494 e. The Kier molecular flexibility index (Phi) is 7.81. The summed E-state index contributed by atoms with van der Waals surface area (Å²) >= 11 is 0. The van der Waals surface area contributed by atoms with Gasteiger partial charge >= 0.3 is 0 Å². The molecule has 2 rings (SSSR count). The molecule has 0 atom stereocenters. The predicted octanol–water partition coefficient (Wildman–Crippen LogP) is 4.20. The van der Waals surface area contributed by atoms with Crippen LogP contribution in [0.2, 0.25) is 0 Å². The van der Waals surface area contributed by atoms with Gasteiger partial charge in [-0.3, -0.25) is 9.59 Å². The molecule has 0 aliphatic carbocycles. The van der Waals surface area contributed by atoms with Gasteiger partial charge < -0.3 is 15.0 Å². The van der Waals surface area contributed by atoms with Crippen molar-refractivity contribution in [3.05, 3.63) is 65.2 Å². The first-order valence-corrected chi connectivity index (χ1v) is 9.42. The van der Waals surface area contributed by atoms with Gasteiger partial charge in [0.1, 0.15) is 5.75 Å². The molecule has 2 amide bonds. The Morgan fingerprint density at radius 3 is 2.50 bits per heavy atom. The number of anilines is 1. The van der Waals surface area contributed by atoms with Gasteiger partial charge in [0.05, 0.1) is 13.2 Å². The number of hydrogen-bond acceptors (Lipinski definition) is 3. The highest BCUT2D eigenvalue weighted by atomic mass is 16.5. The third-order valence-corrected chi connectivity index (χ3v) is 4.41. The number of hydrogen-bond donors (Lipinski definition) is 1. The van der Waals surface area contributed by atoms with E-state index in [0.29, 0.717) is 6.61 Å². The first-order chi connectivity index (χ1) is 13.4. The van der Waals surface area contributed by atoms with Crippen LogP contribution in [-0.2, 0) is 9.59 Å². The molecule has 0 saturated carbocycles. The third kappa shape index (κ3) is 6.27. The first-order valence-electron chi connectivity index (χ1n) is 9.42. The maximum absolute atomic E-state index is 12.3. The molecule has 148 valence electrons. The Labute approximate surface area is 167 Å². The second kappa shape index (κ2) is 10.3. The lowest BCUT2D eigenvalue weighted by Gasteiger charge is -2.16. The topological polar surface area (TPSA) is 58.6 Å². The predicted molar refractivity (Wildman–Crippen MR) is 113 cm³/mol. The third-order valence-electron chi connectivity index (χ3n) is 4.41. The molecule has 2 aromatic rings. The summed E-state index contributed by atoms with van der Waals surface area (Å²) in [5.74, 6) is 0.350. The van der Waals surface area contributed by atoms with Crippen LogP contribution in [0.15, 0.2) is 48.5 Å². The summed E-state index contributed by atoms with van der Waals surface area (Å²) < 4.78 is 5.54. The van der Waals surface area contributed by atoms with Crippen LogP contribution in [0, 0.1) is 13.8 Å². The number of nitrogens with one attached hydrogen (secondary N) is 1. The van der Waals surface area contributed by atoms with Crippen molar-refractivity contribution in [2.75, 3.05) is 25.5 Å². The molecule has 0 aliphatic rings. The van der Waals surface area contributed by atoms with E-state index in [1.807, 2.05) is 56.3 Å². The van der Waals surface area contributed by atoms with E-state index in [4.69, 9.17) is 4.74 Å². The number of likely N-dealkylation sites (N-methyl/N-ethyl adjacent to an activating group) is 1. The second-order valence-electron chi connectivity index (χ2n) is 6.74. The number of rotatable bonds is 8. The number of carbonyl (C=O) groups is 2. The molecule has 5 heteroatoms. The number of carbonyl (C=O) groups excluding carboxylic acids is 2. The molecule has 0 saturated heterocycles. The minimum absolute atomic E-state index is 0.0135. The molecule has 0 fully saturated rings. The molecule has 0 bridgehead atoms. The van der Waals surface area contributed by atoms with Gasteiger partial charge in [0.25, 0.3) is 0 Å². The van der Waals surface area contributed by atoms with Gasteiger partial charge in [-0.05, 0) is 61.2 Å². The van der Waals surface area contributed by atoms with Crippen LogP contribution in [0.4, 0.5) is 5.69 Å². The van der Waals surface area contributed by atoms with Crippen molar-refractivity contribution in [2.45, 2.75) is 27.2 Å². The molecule has 28 heavy (non-hydrogen) atoms. The molecule has 0 radical (unpaired) electrons. The molecule has 0 aromatic heterocycles. The Balaban J connectivity index is 1.88. The fourth-order valence-electron chi connectivity index (χ4n) is 2.56. The molecule has 2 aromatic carbocycles. The van der Waals surface area contributed by atoms with E-state index >= 15 is 0 Å². The van der Waals surface area contributed by atoms with Gasteiger partial charge in [-0.25, -0.2) is 0 Å². The normalized spacial score (nSPS) is 10.7. The highest BCUT2D eigenvalue weighted by Crippen LogP contribution is 2.18. The molecule has 1 N–H and O–H groups in total. The lowest BCUT2D eigenvalue weighted by atomic mass is 10.1. The molecule has 0 aliphatic heterocycles. The maximum atomic E-state index is 12.3. The molecule has 0 unspecified atom stereocenters. The van der Waals surface area contributed by atoms with Crippen LogP contribution < -0.4 is 10.1 Å².